The number of ether oxygens (including phenoxy) is 4. The van der Waals surface area contributed by atoms with Gasteiger partial charge in [-0.05, 0) is 206 Å². The molecule has 4 saturated heterocycles. The zero-order valence-electron chi connectivity index (χ0n) is 64.2. The van der Waals surface area contributed by atoms with Crippen LogP contribution in [0.5, 0.6) is 0 Å². The van der Waals surface area contributed by atoms with Crippen molar-refractivity contribution in [2.75, 3.05) is 114 Å². The Morgan fingerprint density at radius 1 is 0.426 bits per heavy atom. The van der Waals surface area contributed by atoms with Crippen LogP contribution in [0, 0.1) is 6.92 Å². The second-order valence-electron chi connectivity index (χ2n) is 27.5. The minimum absolute atomic E-state index is 0.0157. The molecule has 0 atom stereocenters. The molecule has 0 spiro atoms. The van der Waals surface area contributed by atoms with Crippen LogP contribution >= 0.6 is 11.6 Å². The van der Waals surface area contributed by atoms with E-state index >= 15 is 0 Å². The Kier molecular flexibility index (Phi) is 24.7. The molecule has 4 aliphatic rings. The van der Waals surface area contributed by atoms with Gasteiger partial charge < -0.3 is 38.5 Å². The molecule has 4 aliphatic heterocycles. The Labute approximate surface area is 705 Å². The summed E-state index contributed by atoms with van der Waals surface area (Å²) in [6.45, 7) is 2.35. The van der Waals surface area contributed by atoms with Crippen LogP contribution in [-0.2, 0) is 79.1 Å². The number of aromatic nitrogens is 5. The standard InChI is InChI=1S/C25H23N3O5S2.C23H19ClN4O5S2.2C17H15N3O5S/c1-18-6-7-20(16-24(18)25-23-5-3-2-4-19(23)12-13-26-25)27-35(31,32)22-10-8-21(9-11-22)28-17-33-14-15-34(28,29)30;24-20-8-3-16(14-19(20)21-9-10-22-23(26-21)2-1-11-25-22)27-35(31,32)18-6-4-17(5-7-18)28-15-33-12-13-34(28,29)30;21-17(19-14-4-1-13-10-18-25-16(13)9-14)12-2-5-15(6-3-12)20-11-24-7-8-26(20,22)23;21-17(19-13-3-6-16-15(9-13)18-10-25-16)12-1-4-14(5-2-12)20-11-24-7-8-26(20,22)23/h2-13,16,27H,14-15,17H2,1H3;1-11,14,27H,12-13,15H2;2*1-6,9-10H,7-8,11H2,(H,19,21). The average molecular weight is 1790 g/mol. The lowest BCUT2D eigenvalue weighted by atomic mass is 10.00. The molecular formula is C82H72ClN13O20S6. The fourth-order valence-corrected chi connectivity index (χ4v) is 20.2. The largest absolute Gasteiger partial charge is 0.443 e. The van der Waals surface area contributed by atoms with Crippen molar-refractivity contribution in [1.82, 2.24) is 25.1 Å². The van der Waals surface area contributed by atoms with Crippen molar-refractivity contribution in [3.05, 3.63) is 271 Å². The fourth-order valence-electron chi connectivity index (χ4n) is 13.0. The van der Waals surface area contributed by atoms with Crippen molar-refractivity contribution >= 4 is 173 Å². The van der Waals surface area contributed by atoms with Gasteiger partial charge in [-0.15, -0.1) is 0 Å². The molecule has 0 radical (unpaired) electrons. The van der Waals surface area contributed by atoms with Crippen molar-refractivity contribution < 1.29 is 88.0 Å². The highest BCUT2D eigenvalue weighted by molar-refractivity contribution is 7.94. The number of carbonyl (C=O) groups is 2. The van der Waals surface area contributed by atoms with Crippen LogP contribution in [0.1, 0.15) is 26.3 Å². The molecule has 0 unspecified atom stereocenters. The van der Waals surface area contributed by atoms with Gasteiger partial charge in [0.1, 0.15) is 32.4 Å². The van der Waals surface area contributed by atoms with Gasteiger partial charge in [0.15, 0.2) is 17.6 Å². The summed E-state index contributed by atoms with van der Waals surface area (Å²) in [4.78, 5) is 42.2. The first-order valence-electron chi connectivity index (χ1n) is 37.1. The number of anilines is 8. The van der Waals surface area contributed by atoms with Crippen molar-refractivity contribution in [2.24, 2.45) is 0 Å². The molecule has 0 bridgehead atoms. The van der Waals surface area contributed by atoms with Gasteiger partial charge in [-0.1, -0.05) is 47.1 Å². The predicted octanol–water partition coefficient (Wildman–Crippen LogP) is 12.4. The molecule has 5 aromatic heterocycles. The van der Waals surface area contributed by atoms with Crippen LogP contribution in [0.15, 0.2) is 268 Å². The van der Waals surface area contributed by atoms with Crippen molar-refractivity contribution in [3.8, 4) is 22.5 Å². The number of rotatable bonds is 16. The molecule has 9 aromatic carbocycles. The summed E-state index contributed by atoms with van der Waals surface area (Å²) in [5.41, 5.74) is 11.3. The number of aryl methyl sites for hydroxylation is 1. The van der Waals surface area contributed by atoms with Gasteiger partial charge in [0.2, 0.25) is 40.1 Å². The van der Waals surface area contributed by atoms with E-state index < -0.39 is 60.1 Å². The Bertz CT molecular complexity index is 6840. The summed E-state index contributed by atoms with van der Waals surface area (Å²) in [7, 11) is -21.6. The van der Waals surface area contributed by atoms with Crippen LogP contribution < -0.4 is 37.3 Å². The van der Waals surface area contributed by atoms with Crippen LogP contribution in [0.2, 0.25) is 5.02 Å². The summed E-state index contributed by atoms with van der Waals surface area (Å²) in [6.07, 6.45) is 6.35. The lowest BCUT2D eigenvalue weighted by Crippen LogP contribution is -2.41. The van der Waals surface area contributed by atoms with Gasteiger partial charge in [-0.3, -0.25) is 29.0 Å². The first-order chi connectivity index (χ1) is 58.5. The zero-order valence-corrected chi connectivity index (χ0v) is 69.8. The first-order valence-corrected chi connectivity index (χ1v) is 46.9. The number of hydrogen-bond donors (Lipinski definition) is 4. The quantitative estimate of drug-likeness (QED) is 0.0698. The maximum absolute atomic E-state index is 13.1. The predicted molar refractivity (Wildman–Crippen MR) is 462 cm³/mol. The number of pyridine rings is 3. The third-order valence-corrected chi connectivity index (χ3v) is 29.2. The van der Waals surface area contributed by atoms with E-state index in [0.29, 0.717) is 95.1 Å². The highest BCUT2D eigenvalue weighted by Crippen LogP contribution is 2.36. The van der Waals surface area contributed by atoms with Gasteiger partial charge in [0.05, 0.1) is 116 Å². The molecule has 9 heterocycles. The summed E-state index contributed by atoms with van der Waals surface area (Å²) in [6, 6.07) is 61.4. The second-order valence-corrected chi connectivity index (χ2v) is 39.3. The van der Waals surface area contributed by atoms with Gasteiger partial charge in [0.25, 0.3) is 31.9 Å². The molecule has 33 nitrogen and oxygen atoms in total. The lowest BCUT2D eigenvalue weighted by molar-refractivity contribution is 0.101. The van der Waals surface area contributed by atoms with Crippen LogP contribution in [-0.4, -0.2) is 164 Å². The van der Waals surface area contributed by atoms with Gasteiger partial charge >= 0.3 is 0 Å². The smallest absolute Gasteiger partial charge is 0.261 e. The molecule has 4 fully saturated rings. The highest BCUT2D eigenvalue weighted by atomic mass is 35.5. The van der Waals surface area contributed by atoms with Crippen molar-refractivity contribution in [3.63, 3.8) is 0 Å². The Balaban J connectivity index is 0.000000128. The monoisotopic (exact) mass is 1790 g/mol. The number of carbonyl (C=O) groups excluding carboxylic acids is 2. The number of benzene rings is 9. The molecular weight excluding hydrogens is 1710 g/mol. The van der Waals surface area contributed by atoms with E-state index in [4.69, 9.17) is 39.5 Å². The molecule has 2 amide bonds. The number of halogens is 1. The maximum atomic E-state index is 13.1. The fraction of sp³-hybridized carbons (Fsp3) is 0.159. The van der Waals surface area contributed by atoms with E-state index in [1.165, 1.54) is 63.5 Å². The summed E-state index contributed by atoms with van der Waals surface area (Å²) in [5, 5.41) is 12.5. The average Bonchev–Trinajstić information content (AvgIpc) is 1.18. The van der Waals surface area contributed by atoms with E-state index in [0.717, 1.165) is 47.1 Å². The van der Waals surface area contributed by atoms with Crippen molar-refractivity contribution in [2.45, 2.75) is 16.7 Å². The molecule has 14 aromatic rings. The Morgan fingerprint density at radius 3 is 1.44 bits per heavy atom. The van der Waals surface area contributed by atoms with E-state index in [1.54, 1.807) is 146 Å². The second kappa shape index (κ2) is 35.6. The molecule has 628 valence electrons. The number of sulfonamides is 6. The number of nitrogens with one attached hydrogen (secondary N) is 4. The van der Waals surface area contributed by atoms with Gasteiger partial charge in [-0.2, -0.15) is 0 Å². The minimum atomic E-state index is -3.96. The molecule has 40 heteroatoms. The number of nitrogens with zero attached hydrogens (tertiary/aromatic N) is 9. The van der Waals surface area contributed by atoms with Crippen molar-refractivity contribution in [1.29, 1.82) is 0 Å². The van der Waals surface area contributed by atoms with E-state index in [9.17, 15) is 60.1 Å². The lowest BCUT2D eigenvalue weighted by Gasteiger charge is -2.28. The third kappa shape index (κ3) is 19.4. The number of amides is 2. The highest BCUT2D eigenvalue weighted by Gasteiger charge is 2.32. The zero-order chi connectivity index (χ0) is 85.6. The number of hydrogen-bond acceptors (Lipinski definition) is 25. The van der Waals surface area contributed by atoms with E-state index in [-0.39, 0.29) is 98.0 Å². The van der Waals surface area contributed by atoms with Crippen LogP contribution in [0.3, 0.4) is 0 Å². The molecule has 18 rings (SSSR count). The maximum Gasteiger partial charge on any atom is 0.261 e. The van der Waals surface area contributed by atoms with Gasteiger partial charge in [-0.25, -0.2) is 77.7 Å². The van der Waals surface area contributed by atoms with Crippen LogP contribution in [0.25, 0.3) is 66.4 Å². The minimum Gasteiger partial charge on any atom is -0.443 e. The molecule has 4 N–H and O–H groups in total. The first kappa shape index (κ1) is 84.5. The van der Waals surface area contributed by atoms with Gasteiger partial charge in [0, 0.05) is 74.2 Å². The Morgan fingerprint density at radius 2 is 0.910 bits per heavy atom. The molecule has 0 aliphatic carbocycles. The SMILES string of the molecule is Cc1ccc(NS(=O)(=O)c2ccc(N3COCCS3(=O)=O)cc2)cc1-c1nccc2ccccc12.O=C(Nc1ccc2cnoc2c1)c1ccc(N2COCCS2(=O)=O)cc1.O=C(Nc1ccc2ocnc2c1)c1ccc(N2COCCS2(=O)=O)cc1.O=S(=O)(Nc1ccc(Cl)c(-c2ccc3ncccc3n2)c1)c1ccc(N2COCCS2(=O)=O)cc1. The van der Waals surface area contributed by atoms with Crippen LogP contribution in [0.4, 0.5) is 45.5 Å². The summed E-state index contributed by atoms with van der Waals surface area (Å²) >= 11 is 6.39. The molecule has 0 saturated carbocycles. The number of oxazole rings is 1. The van der Waals surface area contributed by atoms with E-state index in [2.05, 4.69) is 45.2 Å². The summed E-state index contributed by atoms with van der Waals surface area (Å²) in [5.74, 6) is -0.976. The normalized spacial score (nSPS) is 16.1. The summed E-state index contributed by atoms with van der Waals surface area (Å²) < 4.78 is 190. The Hall–Kier alpha value is -12.5. The number of fused-ring (bicyclic) bond motifs is 4. The third-order valence-electron chi connectivity index (χ3n) is 19.4. The molecule has 122 heavy (non-hydrogen) atoms. The topological polar surface area (TPSA) is 428 Å². The van der Waals surface area contributed by atoms with E-state index in [1.807, 2.05) is 55.5 Å².